The molecule has 0 saturated heterocycles. The molecule has 6 rings (SSSR count). The van der Waals surface area contributed by atoms with Crippen molar-refractivity contribution in [3.8, 4) is 0 Å². The lowest BCUT2D eigenvalue weighted by atomic mass is 9.97. The summed E-state index contributed by atoms with van der Waals surface area (Å²) in [6.07, 6.45) is 4.56. The lowest BCUT2D eigenvalue weighted by molar-refractivity contribution is 0.0967. The van der Waals surface area contributed by atoms with Gasteiger partial charge in [0.2, 0.25) is 0 Å². The Bertz CT molecular complexity index is 1700. The van der Waals surface area contributed by atoms with E-state index < -0.39 is 0 Å². The number of allylic oxidation sites excluding steroid dienone is 4. The number of nitrogens with one attached hydrogen (secondary N) is 1. The first-order valence-electron chi connectivity index (χ1n) is 12.0. The minimum absolute atomic E-state index is 0.0353. The van der Waals surface area contributed by atoms with Crippen LogP contribution in [0.4, 0.5) is 0 Å². The van der Waals surface area contributed by atoms with Crippen LogP contribution in [-0.4, -0.2) is 15.0 Å². The van der Waals surface area contributed by atoms with E-state index in [1.54, 1.807) is 0 Å². The molecule has 0 fully saturated rings. The number of rotatable bonds is 4. The van der Waals surface area contributed by atoms with E-state index in [1.165, 1.54) is 38.5 Å². The monoisotopic (exact) mass is 447 g/mol. The highest BCUT2D eigenvalue weighted by atomic mass is 16.1. The van der Waals surface area contributed by atoms with Gasteiger partial charge in [0.15, 0.2) is 0 Å². The molecule has 1 N–H and O–H groups in total. The van der Waals surface area contributed by atoms with Gasteiger partial charge in [-0.25, -0.2) is 0 Å². The van der Waals surface area contributed by atoms with Crippen molar-refractivity contribution in [2.45, 2.75) is 47.3 Å². The molecule has 3 heterocycles. The van der Waals surface area contributed by atoms with Crippen molar-refractivity contribution in [1.29, 1.82) is 0 Å². The number of carbonyl (C=O) groups is 1. The lowest BCUT2D eigenvalue weighted by Crippen LogP contribution is -2.12. The third-order valence-corrected chi connectivity index (χ3v) is 7.04. The van der Waals surface area contributed by atoms with Crippen molar-refractivity contribution < 1.29 is 4.79 Å². The van der Waals surface area contributed by atoms with E-state index in [-0.39, 0.29) is 5.91 Å². The highest BCUT2D eigenvalue weighted by Crippen LogP contribution is 2.44. The summed E-state index contributed by atoms with van der Waals surface area (Å²) < 4.78 is 4.85. The maximum absolute atomic E-state index is 13.3. The molecule has 34 heavy (non-hydrogen) atoms. The van der Waals surface area contributed by atoms with Gasteiger partial charge in [0.1, 0.15) is 0 Å². The van der Waals surface area contributed by atoms with Crippen LogP contribution in [0.25, 0.3) is 43.6 Å². The van der Waals surface area contributed by atoms with E-state index in [0.29, 0.717) is 6.54 Å². The van der Waals surface area contributed by atoms with E-state index >= 15 is 0 Å². The summed E-state index contributed by atoms with van der Waals surface area (Å²) in [5.74, 6) is 0.0353. The maximum atomic E-state index is 13.3. The van der Waals surface area contributed by atoms with E-state index in [2.05, 4.69) is 103 Å². The zero-order valence-corrected chi connectivity index (χ0v) is 20.2. The third kappa shape index (κ3) is 2.88. The molecule has 0 bridgehead atoms. The molecule has 1 amide bonds. The van der Waals surface area contributed by atoms with Crippen LogP contribution < -0.4 is 5.32 Å². The Morgan fingerprint density at radius 3 is 1.85 bits per heavy atom. The van der Waals surface area contributed by atoms with Gasteiger partial charge in [-0.15, -0.1) is 0 Å². The normalized spacial score (nSPS) is 13.1. The summed E-state index contributed by atoms with van der Waals surface area (Å²) in [5.41, 5.74) is 9.32. The number of hydrogen-bond donors (Lipinski definition) is 1. The van der Waals surface area contributed by atoms with E-state index in [4.69, 9.17) is 0 Å². The summed E-state index contributed by atoms with van der Waals surface area (Å²) in [6.45, 7) is 10.7. The Labute approximate surface area is 199 Å². The first kappa shape index (κ1) is 20.8. The predicted molar refractivity (Wildman–Crippen MR) is 142 cm³/mol. The lowest BCUT2D eigenvalue weighted by Gasteiger charge is -2.12. The summed E-state index contributed by atoms with van der Waals surface area (Å²) in [4.78, 5) is 13.3. The maximum Gasteiger partial charge on any atom is 0.252 e. The number of nitrogens with zero attached hydrogens (tertiary/aromatic N) is 2. The predicted octanol–water partition coefficient (Wildman–Crippen LogP) is 7.08. The topological polar surface area (TPSA) is 39.0 Å². The molecule has 4 heteroatoms. The second-order valence-corrected chi connectivity index (χ2v) is 9.80. The molecule has 170 valence electrons. The summed E-state index contributed by atoms with van der Waals surface area (Å²) in [6, 6.07) is 17.1. The van der Waals surface area contributed by atoms with Gasteiger partial charge in [0, 0.05) is 52.2 Å². The van der Waals surface area contributed by atoms with Crippen LogP contribution in [0.2, 0.25) is 0 Å². The smallest absolute Gasteiger partial charge is 0.252 e. The van der Waals surface area contributed by atoms with Gasteiger partial charge < -0.3 is 14.5 Å². The van der Waals surface area contributed by atoms with Crippen LogP contribution in [0.15, 0.2) is 71.8 Å². The molecule has 0 unspecified atom stereocenters. The molecule has 4 nitrogen and oxygen atoms in total. The molecule has 1 aliphatic heterocycles. The third-order valence-electron chi connectivity index (χ3n) is 7.04. The number of benzene rings is 3. The Morgan fingerprint density at radius 1 is 0.794 bits per heavy atom. The number of carbonyl (C=O) groups excluding carboxylic acids is 1. The minimum Gasteiger partial charge on any atom is -0.348 e. The largest absolute Gasteiger partial charge is 0.348 e. The fourth-order valence-corrected chi connectivity index (χ4v) is 5.55. The van der Waals surface area contributed by atoms with Crippen molar-refractivity contribution in [3.63, 3.8) is 0 Å². The van der Waals surface area contributed by atoms with Crippen LogP contribution in [0.5, 0.6) is 0 Å². The van der Waals surface area contributed by atoms with Crippen molar-refractivity contribution in [1.82, 2.24) is 14.5 Å². The number of para-hydroxylation sites is 2. The second-order valence-electron chi connectivity index (χ2n) is 9.80. The number of fused-ring (bicyclic) bond motifs is 10. The fraction of sp³-hybridized carbons (Fsp3) is 0.233. The fourth-order valence-electron chi connectivity index (χ4n) is 5.55. The van der Waals surface area contributed by atoms with Gasteiger partial charge in [-0.05, 0) is 45.4 Å². The average molecular weight is 448 g/mol. The molecule has 0 saturated carbocycles. The Hall–Kier alpha value is -3.79. The van der Waals surface area contributed by atoms with Crippen LogP contribution in [0, 0.1) is 0 Å². The van der Waals surface area contributed by atoms with Gasteiger partial charge in [0.05, 0.1) is 16.6 Å². The molecule has 2 aromatic heterocycles. The quantitative estimate of drug-likeness (QED) is 0.294. The van der Waals surface area contributed by atoms with Crippen LogP contribution in [-0.2, 0) is 19.6 Å². The number of aromatic nitrogens is 2. The molecular formula is C30H29N3O. The van der Waals surface area contributed by atoms with Crippen LogP contribution in [0.3, 0.4) is 0 Å². The standard InChI is InChI=1S/C30H29N3O/c1-18(2)13-15-32-23-11-7-5-9-20(23)25-22-17-31-30(34)27(22)26-21-10-6-8-12-24(21)33(16-14-19(3)4)29(26)28(25)32/h5-14H,15-17H2,1-4H3,(H,31,34). The molecule has 1 aliphatic rings. The summed E-state index contributed by atoms with van der Waals surface area (Å²) >= 11 is 0. The average Bonchev–Trinajstić information content (AvgIpc) is 3.46. The number of hydrogen-bond acceptors (Lipinski definition) is 1. The van der Waals surface area contributed by atoms with Crippen molar-refractivity contribution >= 4 is 49.5 Å². The van der Waals surface area contributed by atoms with Gasteiger partial charge in [-0.2, -0.15) is 0 Å². The first-order valence-corrected chi connectivity index (χ1v) is 12.0. The van der Waals surface area contributed by atoms with E-state index in [9.17, 15) is 4.79 Å². The molecule has 0 aliphatic carbocycles. The highest BCUT2D eigenvalue weighted by Gasteiger charge is 2.31. The zero-order chi connectivity index (χ0) is 23.6. The molecule has 0 radical (unpaired) electrons. The minimum atomic E-state index is 0.0353. The van der Waals surface area contributed by atoms with Gasteiger partial charge in [0.25, 0.3) is 5.91 Å². The molecule has 0 spiro atoms. The van der Waals surface area contributed by atoms with Gasteiger partial charge >= 0.3 is 0 Å². The van der Waals surface area contributed by atoms with Crippen molar-refractivity contribution in [2.24, 2.45) is 0 Å². The second kappa shape index (κ2) is 7.63. The zero-order valence-electron chi connectivity index (χ0n) is 20.2. The van der Waals surface area contributed by atoms with Crippen molar-refractivity contribution in [2.75, 3.05) is 0 Å². The van der Waals surface area contributed by atoms with E-state index in [0.717, 1.165) is 40.5 Å². The summed E-state index contributed by atoms with van der Waals surface area (Å²) in [5, 5.41) is 7.79. The Morgan fingerprint density at radius 2 is 1.29 bits per heavy atom. The Kier molecular flexibility index (Phi) is 4.66. The van der Waals surface area contributed by atoms with Crippen LogP contribution in [0.1, 0.15) is 43.6 Å². The molecule has 5 aromatic rings. The Balaban J connectivity index is 1.93. The number of amides is 1. The first-order chi connectivity index (χ1) is 16.5. The van der Waals surface area contributed by atoms with Crippen molar-refractivity contribution in [3.05, 3.63) is 83.0 Å². The molecular weight excluding hydrogens is 418 g/mol. The SMILES string of the molecule is CC(C)=CCn1c2ccccc2c2c3c(c4c5ccccc5n(CC=C(C)C)c4c21)C(=O)NC3. The van der Waals surface area contributed by atoms with Gasteiger partial charge in [-0.3, -0.25) is 4.79 Å². The van der Waals surface area contributed by atoms with Crippen LogP contribution >= 0.6 is 0 Å². The van der Waals surface area contributed by atoms with E-state index in [1.807, 2.05) is 0 Å². The highest BCUT2D eigenvalue weighted by molar-refractivity contribution is 6.30. The van der Waals surface area contributed by atoms with Gasteiger partial charge in [-0.1, -0.05) is 59.7 Å². The molecule has 0 atom stereocenters. The molecule has 3 aromatic carbocycles. The summed E-state index contributed by atoms with van der Waals surface area (Å²) in [7, 11) is 0.